The largest absolute Gasteiger partial charge is 0.419 e. The van der Waals surface area contributed by atoms with Gasteiger partial charge in [0.15, 0.2) is 0 Å². The van der Waals surface area contributed by atoms with Crippen molar-refractivity contribution in [2.45, 2.75) is 12.6 Å². The summed E-state index contributed by atoms with van der Waals surface area (Å²) >= 11 is 6.93. The Morgan fingerprint density at radius 3 is 2.69 bits per heavy atom. The zero-order valence-corrected chi connectivity index (χ0v) is 17.1. The van der Waals surface area contributed by atoms with Crippen LogP contribution in [0.2, 0.25) is 0 Å². The van der Waals surface area contributed by atoms with E-state index in [9.17, 15) is 0 Å². The molecule has 134 valence electrons. The molecule has 0 amide bonds. The molecule has 2 heterocycles. The minimum absolute atomic E-state index is 0.0596. The third kappa shape index (κ3) is 4.23. The first-order valence-corrected chi connectivity index (χ1v) is 9.94. The Kier molecular flexibility index (Phi) is 5.49. The maximum atomic E-state index is 5.93. The van der Waals surface area contributed by atoms with Crippen molar-refractivity contribution < 1.29 is 9.15 Å². The molecule has 4 rings (SSSR count). The molecule has 5 nitrogen and oxygen atoms in total. The van der Waals surface area contributed by atoms with Gasteiger partial charge in [0, 0.05) is 27.6 Å². The second-order valence-corrected chi connectivity index (χ2v) is 7.99. The maximum Gasteiger partial charge on any atom is 0.247 e. The van der Waals surface area contributed by atoms with Crippen molar-refractivity contribution in [2.24, 2.45) is 0 Å². The SMILES string of the molecule is Brc1ccc(C2CN(Cc3nnc(-c4cccc(Br)c4)o3)CCO2)cc1. The number of nitrogens with zero attached hydrogens (tertiary/aromatic N) is 3. The summed E-state index contributed by atoms with van der Waals surface area (Å²) in [5, 5.41) is 8.38. The van der Waals surface area contributed by atoms with Gasteiger partial charge < -0.3 is 9.15 Å². The molecular formula is C19H17Br2N3O2. The molecule has 0 N–H and O–H groups in total. The normalized spacial score (nSPS) is 18.2. The van der Waals surface area contributed by atoms with Gasteiger partial charge in [0.05, 0.1) is 19.3 Å². The first-order chi connectivity index (χ1) is 12.7. The first kappa shape index (κ1) is 17.9. The molecule has 2 aromatic carbocycles. The molecule has 1 atom stereocenters. The Balaban J connectivity index is 1.43. The van der Waals surface area contributed by atoms with E-state index in [0.717, 1.165) is 27.6 Å². The zero-order chi connectivity index (χ0) is 17.9. The van der Waals surface area contributed by atoms with Crippen molar-refractivity contribution >= 4 is 31.9 Å². The monoisotopic (exact) mass is 477 g/mol. The highest BCUT2D eigenvalue weighted by Crippen LogP contribution is 2.26. The maximum absolute atomic E-state index is 5.93. The average Bonchev–Trinajstić information content (AvgIpc) is 3.11. The molecule has 1 fully saturated rings. The summed E-state index contributed by atoms with van der Waals surface area (Å²) in [4.78, 5) is 2.29. The number of aromatic nitrogens is 2. The lowest BCUT2D eigenvalue weighted by Crippen LogP contribution is -2.37. The van der Waals surface area contributed by atoms with Gasteiger partial charge in [0.2, 0.25) is 11.8 Å². The van der Waals surface area contributed by atoms with Crippen LogP contribution in [0.5, 0.6) is 0 Å². The number of hydrogen-bond donors (Lipinski definition) is 0. The summed E-state index contributed by atoms with van der Waals surface area (Å²) in [5.74, 6) is 1.16. The number of halogens is 2. The summed E-state index contributed by atoms with van der Waals surface area (Å²) in [6.45, 7) is 2.96. The fourth-order valence-corrected chi connectivity index (χ4v) is 3.64. The quantitative estimate of drug-likeness (QED) is 0.537. The Morgan fingerprint density at radius 2 is 1.88 bits per heavy atom. The Labute approximate surface area is 168 Å². The van der Waals surface area contributed by atoms with Gasteiger partial charge in [-0.1, -0.05) is 50.1 Å². The minimum Gasteiger partial charge on any atom is -0.419 e. The second-order valence-electron chi connectivity index (χ2n) is 6.16. The molecule has 1 saturated heterocycles. The van der Waals surface area contributed by atoms with E-state index in [1.807, 2.05) is 36.4 Å². The minimum atomic E-state index is 0.0596. The molecule has 0 aliphatic carbocycles. The van der Waals surface area contributed by atoms with Gasteiger partial charge in [-0.2, -0.15) is 0 Å². The summed E-state index contributed by atoms with van der Waals surface area (Å²) < 4.78 is 13.8. The predicted octanol–water partition coefficient (Wildman–Crippen LogP) is 4.84. The van der Waals surface area contributed by atoms with Crippen LogP contribution in [0.1, 0.15) is 17.6 Å². The molecular weight excluding hydrogens is 462 g/mol. The molecule has 0 bridgehead atoms. The smallest absolute Gasteiger partial charge is 0.247 e. The molecule has 1 aliphatic rings. The van der Waals surface area contributed by atoms with Gasteiger partial charge >= 0.3 is 0 Å². The zero-order valence-electron chi connectivity index (χ0n) is 13.9. The summed E-state index contributed by atoms with van der Waals surface area (Å²) in [6.07, 6.45) is 0.0596. The lowest BCUT2D eigenvalue weighted by molar-refractivity contribution is -0.0351. The summed E-state index contributed by atoms with van der Waals surface area (Å²) in [6, 6.07) is 16.1. The Bertz CT molecular complexity index is 883. The van der Waals surface area contributed by atoms with E-state index in [1.54, 1.807) is 0 Å². The molecule has 0 saturated carbocycles. The van der Waals surface area contributed by atoms with Crippen molar-refractivity contribution in [3.8, 4) is 11.5 Å². The standard InChI is InChI=1S/C19H17Br2N3O2/c20-15-6-4-13(5-7-15)17-11-24(8-9-25-17)12-18-22-23-19(26-18)14-2-1-3-16(21)10-14/h1-7,10,17H,8-9,11-12H2. The summed E-state index contributed by atoms with van der Waals surface area (Å²) in [7, 11) is 0. The van der Waals surface area contributed by atoms with Crippen LogP contribution in [0.15, 0.2) is 61.9 Å². The van der Waals surface area contributed by atoms with Crippen molar-refractivity contribution in [1.29, 1.82) is 0 Å². The van der Waals surface area contributed by atoms with Gasteiger partial charge in [-0.25, -0.2) is 0 Å². The highest BCUT2D eigenvalue weighted by molar-refractivity contribution is 9.10. The third-order valence-corrected chi connectivity index (χ3v) is 5.31. The van der Waals surface area contributed by atoms with Crippen LogP contribution in [-0.2, 0) is 11.3 Å². The third-order valence-electron chi connectivity index (χ3n) is 4.29. The van der Waals surface area contributed by atoms with Crippen LogP contribution in [0.3, 0.4) is 0 Å². The van der Waals surface area contributed by atoms with Crippen LogP contribution in [0.25, 0.3) is 11.5 Å². The van der Waals surface area contributed by atoms with E-state index in [0.29, 0.717) is 24.9 Å². The van der Waals surface area contributed by atoms with Gasteiger partial charge in [-0.05, 0) is 35.9 Å². The highest BCUT2D eigenvalue weighted by Gasteiger charge is 2.23. The van der Waals surface area contributed by atoms with E-state index < -0.39 is 0 Å². The van der Waals surface area contributed by atoms with E-state index in [2.05, 4.69) is 59.1 Å². The van der Waals surface area contributed by atoms with Crippen LogP contribution in [-0.4, -0.2) is 34.8 Å². The Hall–Kier alpha value is -1.54. The van der Waals surface area contributed by atoms with Crippen molar-refractivity contribution in [3.63, 3.8) is 0 Å². The van der Waals surface area contributed by atoms with Gasteiger partial charge in [-0.3, -0.25) is 4.90 Å². The van der Waals surface area contributed by atoms with Crippen LogP contribution >= 0.6 is 31.9 Å². The number of hydrogen-bond acceptors (Lipinski definition) is 5. The van der Waals surface area contributed by atoms with Crippen LogP contribution in [0.4, 0.5) is 0 Å². The number of ether oxygens (including phenoxy) is 1. The number of rotatable bonds is 4. The van der Waals surface area contributed by atoms with Crippen LogP contribution < -0.4 is 0 Å². The molecule has 0 radical (unpaired) electrons. The molecule has 0 spiro atoms. The van der Waals surface area contributed by atoms with E-state index in [4.69, 9.17) is 9.15 Å². The fraction of sp³-hybridized carbons (Fsp3) is 0.263. The van der Waals surface area contributed by atoms with E-state index in [-0.39, 0.29) is 6.10 Å². The lowest BCUT2D eigenvalue weighted by atomic mass is 10.1. The molecule has 1 aliphatic heterocycles. The van der Waals surface area contributed by atoms with Crippen LogP contribution in [0, 0.1) is 0 Å². The summed E-state index contributed by atoms with van der Waals surface area (Å²) in [5.41, 5.74) is 2.09. The Morgan fingerprint density at radius 1 is 1.04 bits per heavy atom. The van der Waals surface area contributed by atoms with E-state index >= 15 is 0 Å². The molecule has 26 heavy (non-hydrogen) atoms. The topological polar surface area (TPSA) is 51.4 Å². The highest BCUT2D eigenvalue weighted by atomic mass is 79.9. The molecule has 1 unspecified atom stereocenters. The van der Waals surface area contributed by atoms with Gasteiger partial charge in [0.1, 0.15) is 0 Å². The van der Waals surface area contributed by atoms with Crippen molar-refractivity contribution in [1.82, 2.24) is 15.1 Å². The number of morpholine rings is 1. The lowest BCUT2D eigenvalue weighted by Gasteiger charge is -2.32. The molecule has 1 aromatic heterocycles. The van der Waals surface area contributed by atoms with E-state index in [1.165, 1.54) is 5.56 Å². The van der Waals surface area contributed by atoms with Gasteiger partial charge in [-0.15, -0.1) is 10.2 Å². The molecule has 7 heteroatoms. The predicted molar refractivity (Wildman–Crippen MR) is 106 cm³/mol. The fourth-order valence-electron chi connectivity index (χ4n) is 2.97. The average molecular weight is 479 g/mol. The second kappa shape index (κ2) is 8.00. The van der Waals surface area contributed by atoms with Crippen molar-refractivity contribution in [2.75, 3.05) is 19.7 Å². The molecule has 3 aromatic rings. The number of benzene rings is 2. The first-order valence-electron chi connectivity index (χ1n) is 8.35. The van der Waals surface area contributed by atoms with Gasteiger partial charge in [0.25, 0.3) is 0 Å². The van der Waals surface area contributed by atoms with Crippen molar-refractivity contribution in [3.05, 3.63) is 68.9 Å².